The van der Waals surface area contributed by atoms with Gasteiger partial charge in [-0.05, 0) is 30.7 Å². The Hall–Kier alpha value is -2.17. The van der Waals surface area contributed by atoms with Gasteiger partial charge in [-0.3, -0.25) is 4.79 Å². The fraction of sp³-hybridized carbons (Fsp3) is 0.526. The van der Waals surface area contributed by atoms with Crippen molar-refractivity contribution in [1.82, 2.24) is 15.0 Å². The molecule has 1 saturated heterocycles. The SMILES string of the molecule is O=C1C[C@@H](Cc2ccccc2)CN1Cc1noc(C2CCCC2)n1. The van der Waals surface area contributed by atoms with E-state index in [1.54, 1.807) is 0 Å². The van der Waals surface area contributed by atoms with Crippen molar-refractivity contribution < 1.29 is 9.32 Å². The minimum atomic E-state index is 0.197. The Balaban J connectivity index is 1.36. The van der Waals surface area contributed by atoms with Crippen molar-refractivity contribution in [3.05, 3.63) is 47.6 Å². The first-order valence-electron chi connectivity index (χ1n) is 8.92. The second kappa shape index (κ2) is 6.75. The third-order valence-corrected chi connectivity index (χ3v) is 5.18. The fourth-order valence-electron chi connectivity index (χ4n) is 3.93. The fourth-order valence-corrected chi connectivity index (χ4v) is 3.93. The summed E-state index contributed by atoms with van der Waals surface area (Å²) in [6.07, 6.45) is 6.33. The van der Waals surface area contributed by atoms with Gasteiger partial charge in [0.15, 0.2) is 5.82 Å². The maximum Gasteiger partial charge on any atom is 0.229 e. The van der Waals surface area contributed by atoms with Crippen molar-refractivity contribution in [2.45, 2.75) is 51.0 Å². The van der Waals surface area contributed by atoms with Gasteiger partial charge in [0.2, 0.25) is 11.8 Å². The molecule has 5 heteroatoms. The molecule has 2 heterocycles. The van der Waals surface area contributed by atoms with Crippen molar-refractivity contribution in [2.75, 3.05) is 6.54 Å². The normalized spacial score (nSPS) is 21.8. The lowest BCUT2D eigenvalue weighted by atomic mass is 9.99. The molecule has 0 spiro atoms. The van der Waals surface area contributed by atoms with Gasteiger partial charge in [0.25, 0.3) is 0 Å². The largest absolute Gasteiger partial charge is 0.339 e. The van der Waals surface area contributed by atoms with E-state index < -0.39 is 0 Å². The van der Waals surface area contributed by atoms with Crippen LogP contribution in [-0.4, -0.2) is 27.5 Å². The lowest BCUT2D eigenvalue weighted by Crippen LogP contribution is -2.25. The number of hydrogen-bond acceptors (Lipinski definition) is 4. The molecule has 0 bridgehead atoms. The lowest BCUT2D eigenvalue weighted by Gasteiger charge is -2.14. The van der Waals surface area contributed by atoms with E-state index in [0.717, 1.165) is 31.7 Å². The molecule has 0 radical (unpaired) electrons. The summed E-state index contributed by atoms with van der Waals surface area (Å²) in [5.41, 5.74) is 1.29. The Bertz CT molecular complexity index is 692. The third kappa shape index (κ3) is 3.35. The molecule has 1 aromatic carbocycles. The number of nitrogens with zero attached hydrogens (tertiary/aromatic N) is 3. The quantitative estimate of drug-likeness (QED) is 0.846. The van der Waals surface area contributed by atoms with Gasteiger partial charge < -0.3 is 9.42 Å². The Kier molecular flexibility index (Phi) is 4.32. The number of hydrogen-bond donors (Lipinski definition) is 0. The van der Waals surface area contributed by atoms with Gasteiger partial charge in [-0.25, -0.2) is 0 Å². The maximum atomic E-state index is 12.3. The second-order valence-corrected chi connectivity index (χ2v) is 7.06. The van der Waals surface area contributed by atoms with Crippen LogP contribution < -0.4 is 0 Å². The van der Waals surface area contributed by atoms with Crippen LogP contribution in [0.15, 0.2) is 34.9 Å². The molecule has 126 valence electrons. The zero-order chi connectivity index (χ0) is 16.4. The molecule has 2 aromatic rings. The molecule has 2 aliphatic rings. The predicted octanol–water partition coefficient (Wildman–Crippen LogP) is 3.32. The summed E-state index contributed by atoms with van der Waals surface area (Å²) in [6, 6.07) is 10.4. The molecule has 1 atom stereocenters. The summed E-state index contributed by atoms with van der Waals surface area (Å²) in [5.74, 6) is 2.40. The number of amides is 1. The number of carbonyl (C=O) groups is 1. The average Bonchev–Trinajstić information content (AvgIpc) is 3.31. The van der Waals surface area contributed by atoms with Crippen LogP contribution in [0.1, 0.15) is 55.3 Å². The summed E-state index contributed by atoms with van der Waals surface area (Å²) < 4.78 is 5.42. The van der Waals surface area contributed by atoms with Crippen molar-refractivity contribution in [2.24, 2.45) is 5.92 Å². The zero-order valence-corrected chi connectivity index (χ0v) is 13.9. The van der Waals surface area contributed by atoms with E-state index in [2.05, 4.69) is 22.3 Å². The first kappa shape index (κ1) is 15.4. The van der Waals surface area contributed by atoms with Crippen LogP contribution in [0.25, 0.3) is 0 Å². The topological polar surface area (TPSA) is 59.2 Å². The third-order valence-electron chi connectivity index (χ3n) is 5.18. The van der Waals surface area contributed by atoms with Crippen molar-refractivity contribution in [3.63, 3.8) is 0 Å². The highest BCUT2D eigenvalue weighted by Crippen LogP contribution is 2.33. The molecule has 2 fully saturated rings. The van der Waals surface area contributed by atoms with E-state index in [1.165, 1.54) is 18.4 Å². The van der Waals surface area contributed by atoms with E-state index in [4.69, 9.17) is 4.52 Å². The summed E-state index contributed by atoms with van der Waals surface area (Å²) in [4.78, 5) is 18.7. The highest BCUT2D eigenvalue weighted by atomic mass is 16.5. The lowest BCUT2D eigenvalue weighted by molar-refractivity contribution is -0.128. The number of rotatable bonds is 5. The molecule has 1 aliphatic carbocycles. The van der Waals surface area contributed by atoms with E-state index in [9.17, 15) is 4.79 Å². The molecular weight excluding hydrogens is 302 g/mol. The van der Waals surface area contributed by atoms with Crippen LogP contribution >= 0.6 is 0 Å². The van der Waals surface area contributed by atoms with Gasteiger partial charge in [-0.1, -0.05) is 48.3 Å². The molecule has 24 heavy (non-hydrogen) atoms. The molecule has 4 rings (SSSR count). The number of benzene rings is 1. The number of carbonyl (C=O) groups excluding carboxylic acids is 1. The van der Waals surface area contributed by atoms with E-state index in [-0.39, 0.29) is 5.91 Å². The minimum Gasteiger partial charge on any atom is -0.339 e. The highest BCUT2D eigenvalue weighted by molar-refractivity contribution is 5.78. The smallest absolute Gasteiger partial charge is 0.229 e. The van der Waals surface area contributed by atoms with Crippen LogP contribution in [0.3, 0.4) is 0 Å². The summed E-state index contributed by atoms with van der Waals surface area (Å²) in [7, 11) is 0. The van der Waals surface area contributed by atoms with E-state index >= 15 is 0 Å². The first-order chi connectivity index (χ1) is 11.8. The highest BCUT2D eigenvalue weighted by Gasteiger charge is 2.31. The summed E-state index contributed by atoms with van der Waals surface area (Å²) in [6.45, 7) is 1.25. The molecule has 1 amide bonds. The Morgan fingerprint density at radius 3 is 2.75 bits per heavy atom. The monoisotopic (exact) mass is 325 g/mol. The Morgan fingerprint density at radius 2 is 1.96 bits per heavy atom. The molecule has 1 saturated carbocycles. The maximum absolute atomic E-state index is 12.3. The van der Waals surface area contributed by atoms with Crippen molar-refractivity contribution in [1.29, 1.82) is 0 Å². The summed E-state index contributed by atoms with van der Waals surface area (Å²) in [5, 5.41) is 4.09. The van der Waals surface area contributed by atoms with Crippen LogP contribution in [-0.2, 0) is 17.8 Å². The van der Waals surface area contributed by atoms with Gasteiger partial charge in [-0.2, -0.15) is 4.98 Å². The average molecular weight is 325 g/mol. The van der Waals surface area contributed by atoms with Crippen LogP contribution in [0.2, 0.25) is 0 Å². The van der Waals surface area contributed by atoms with Crippen molar-refractivity contribution in [3.8, 4) is 0 Å². The number of aromatic nitrogens is 2. The predicted molar refractivity (Wildman–Crippen MR) is 89.2 cm³/mol. The molecular formula is C19H23N3O2. The van der Waals surface area contributed by atoms with Gasteiger partial charge in [0.05, 0.1) is 6.54 Å². The Labute approximate surface area is 142 Å². The molecule has 1 aromatic heterocycles. The van der Waals surface area contributed by atoms with Crippen LogP contribution in [0.5, 0.6) is 0 Å². The first-order valence-corrected chi connectivity index (χ1v) is 8.92. The molecule has 0 N–H and O–H groups in total. The zero-order valence-electron chi connectivity index (χ0n) is 13.9. The van der Waals surface area contributed by atoms with Gasteiger partial charge in [0, 0.05) is 18.9 Å². The minimum absolute atomic E-state index is 0.197. The van der Waals surface area contributed by atoms with Crippen LogP contribution in [0, 0.1) is 5.92 Å². The Morgan fingerprint density at radius 1 is 1.17 bits per heavy atom. The van der Waals surface area contributed by atoms with E-state index in [0.29, 0.717) is 30.6 Å². The van der Waals surface area contributed by atoms with Gasteiger partial charge in [-0.15, -0.1) is 0 Å². The van der Waals surface area contributed by atoms with Gasteiger partial charge >= 0.3 is 0 Å². The molecule has 1 aliphatic heterocycles. The van der Waals surface area contributed by atoms with Crippen molar-refractivity contribution >= 4 is 5.91 Å². The van der Waals surface area contributed by atoms with E-state index in [1.807, 2.05) is 23.1 Å². The van der Waals surface area contributed by atoms with Gasteiger partial charge in [0.1, 0.15) is 0 Å². The standard InChI is InChI=1S/C19H23N3O2/c23-18-11-15(10-14-6-2-1-3-7-14)12-22(18)13-17-20-19(24-21-17)16-8-4-5-9-16/h1-3,6-7,15-16H,4-5,8-13H2/t15-/m1/s1. The van der Waals surface area contributed by atoms with Crippen LogP contribution in [0.4, 0.5) is 0 Å². The molecule has 0 unspecified atom stereocenters. The second-order valence-electron chi connectivity index (χ2n) is 7.06. The molecule has 5 nitrogen and oxygen atoms in total. The number of likely N-dealkylation sites (tertiary alicyclic amines) is 1. The summed E-state index contributed by atoms with van der Waals surface area (Å²) >= 11 is 0.